The molecule has 1 aliphatic heterocycles. The van der Waals surface area contributed by atoms with Crippen molar-refractivity contribution >= 4 is 0 Å². The second kappa shape index (κ2) is 2.71. The molecule has 70 valence electrons. The van der Waals surface area contributed by atoms with E-state index < -0.39 is 0 Å². The Morgan fingerprint density at radius 1 is 1.50 bits per heavy atom. The minimum absolute atomic E-state index is 0.390. The Morgan fingerprint density at radius 2 is 2.25 bits per heavy atom. The van der Waals surface area contributed by atoms with Crippen molar-refractivity contribution in [1.82, 2.24) is 4.90 Å². The van der Waals surface area contributed by atoms with Gasteiger partial charge in [0.15, 0.2) is 0 Å². The number of aliphatic hydroxyl groups is 1. The zero-order chi connectivity index (χ0) is 8.77. The molecule has 0 aromatic rings. The summed E-state index contributed by atoms with van der Waals surface area (Å²) in [5, 5.41) is 8.94. The molecule has 2 nitrogen and oxygen atoms in total. The summed E-state index contributed by atoms with van der Waals surface area (Å²) in [6, 6.07) is 0.719. The Labute approximate surface area is 74.6 Å². The predicted octanol–water partition coefficient (Wildman–Crippen LogP) is 1.10. The lowest BCUT2D eigenvalue weighted by molar-refractivity contribution is 0.227. The fraction of sp³-hybridized carbons (Fsp3) is 1.00. The van der Waals surface area contributed by atoms with Crippen LogP contribution in [0.2, 0.25) is 0 Å². The molecule has 0 radical (unpaired) electrons. The highest BCUT2D eigenvalue weighted by Gasteiger charge is 2.45. The molecule has 1 saturated heterocycles. The van der Waals surface area contributed by atoms with E-state index in [4.69, 9.17) is 5.11 Å². The van der Waals surface area contributed by atoms with Crippen LogP contribution in [-0.4, -0.2) is 35.7 Å². The van der Waals surface area contributed by atoms with E-state index in [1.165, 1.54) is 25.9 Å². The molecule has 2 rings (SSSR count). The van der Waals surface area contributed by atoms with Gasteiger partial charge in [0.05, 0.1) is 0 Å². The van der Waals surface area contributed by atoms with Gasteiger partial charge < -0.3 is 5.11 Å². The Kier molecular flexibility index (Phi) is 1.92. The maximum atomic E-state index is 8.94. The summed E-state index contributed by atoms with van der Waals surface area (Å²) in [7, 11) is 0. The lowest BCUT2D eigenvalue weighted by atomic mass is 9.93. The van der Waals surface area contributed by atoms with Crippen LogP contribution in [0.1, 0.15) is 26.7 Å². The van der Waals surface area contributed by atoms with Crippen LogP contribution in [0.25, 0.3) is 0 Å². The van der Waals surface area contributed by atoms with Gasteiger partial charge in [-0.05, 0) is 30.7 Å². The molecule has 2 unspecified atom stereocenters. The SMILES string of the molecule is CC1(C)CCN(C2CC2CO)C1. The summed E-state index contributed by atoms with van der Waals surface area (Å²) in [5.74, 6) is 0.596. The fourth-order valence-corrected chi connectivity index (χ4v) is 2.31. The van der Waals surface area contributed by atoms with Crippen LogP contribution >= 0.6 is 0 Å². The number of rotatable bonds is 2. The highest BCUT2D eigenvalue weighted by Crippen LogP contribution is 2.41. The third-order valence-corrected chi connectivity index (χ3v) is 3.30. The molecule has 1 saturated carbocycles. The van der Waals surface area contributed by atoms with Crippen LogP contribution in [-0.2, 0) is 0 Å². The Bertz CT molecular complexity index is 179. The molecule has 12 heavy (non-hydrogen) atoms. The van der Waals surface area contributed by atoms with E-state index in [9.17, 15) is 0 Å². The molecule has 2 heteroatoms. The normalized spacial score (nSPS) is 40.2. The average Bonchev–Trinajstić information content (AvgIpc) is 2.70. The lowest BCUT2D eigenvalue weighted by Crippen LogP contribution is -2.27. The van der Waals surface area contributed by atoms with Gasteiger partial charge in [0.2, 0.25) is 0 Å². The smallest absolute Gasteiger partial charge is 0.0474 e. The number of hydrogen-bond donors (Lipinski definition) is 1. The fourth-order valence-electron chi connectivity index (χ4n) is 2.31. The average molecular weight is 169 g/mol. The lowest BCUT2D eigenvalue weighted by Gasteiger charge is -2.19. The molecular formula is C10H19NO. The minimum Gasteiger partial charge on any atom is -0.396 e. The first-order valence-corrected chi connectivity index (χ1v) is 4.97. The van der Waals surface area contributed by atoms with Crippen molar-refractivity contribution in [3.63, 3.8) is 0 Å². The predicted molar refractivity (Wildman–Crippen MR) is 49.0 cm³/mol. The standard InChI is InChI=1S/C10H19NO/c1-10(2)3-4-11(7-10)9-5-8(9)6-12/h8-9,12H,3-7H2,1-2H3. The molecule has 2 aliphatic rings. The van der Waals surface area contributed by atoms with Crippen molar-refractivity contribution in [2.24, 2.45) is 11.3 Å². The number of likely N-dealkylation sites (tertiary alicyclic amines) is 1. The van der Waals surface area contributed by atoms with Crippen molar-refractivity contribution in [3.05, 3.63) is 0 Å². The van der Waals surface area contributed by atoms with E-state index in [-0.39, 0.29) is 0 Å². The van der Waals surface area contributed by atoms with Crippen molar-refractivity contribution < 1.29 is 5.11 Å². The van der Waals surface area contributed by atoms with E-state index in [2.05, 4.69) is 18.7 Å². The summed E-state index contributed by atoms with van der Waals surface area (Å²) < 4.78 is 0. The van der Waals surface area contributed by atoms with E-state index in [1.807, 2.05) is 0 Å². The molecule has 1 aliphatic carbocycles. The third-order valence-electron chi connectivity index (χ3n) is 3.30. The Balaban J connectivity index is 1.85. The van der Waals surface area contributed by atoms with Crippen LogP contribution in [0.4, 0.5) is 0 Å². The summed E-state index contributed by atoms with van der Waals surface area (Å²) in [6.45, 7) is 7.54. The van der Waals surface area contributed by atoms with Crippen molar-refractivity contribution in [2.75, 3.05) is 19.7 Å². The topological polar surface area (TPSA) is 23.5 Å². The van der Waals surface area contributed by atoms with Gasteiger partial charge in [-0.15, -0.1) is 0 Å². The van der Waals surface area contributed by atoms with Crippen LogP contribution < -0.4 is 0 Å². The molecule has 0 amide bonds. The number of nitrogens with zero attached hydrogens (tertiary/aromatic N) is 1. The van der Waals surface area contributed by atoms with Crippen LogP contribution in [0.5, 0.6) is 0 Å². The first-order chi connectivity index (χ1) is 5.62. The molecule has 2 atom stereocenters. The summed E-state index contributed by atoms with van der Waals surface area (Å²) >= 11 is 0. The van der Waals surface area contributed by atoms with E-state index in [0.717, 1.165) is 6.04 Å². The monoisotopic (exact) mass is 169 g/mol. The first kappa shape index (κ1) is 8.52. The van der Waals surface area contributed by atoms with Crippen LogP contribution in [0.3, 0.4) is 0 Å². The van der Waals surface area contributed by atoms with Gasteiger partial charge in [-0.25, -0.2) is 0 Å². The molecule has 0 spiro atoms. The first-order valence-electron chi connectivity index (χ1n) is 4.97. The molecule has 0 aromatic carbocycles. The van der Waals surface area contributed by atoms with E-state index in [1.54, 1.807) is 0 Å². The summed E-state index contributed by atoms with van der Waals surface area (Å²) in [4.78, 5) is 2.56. The molecule has 1 heterocycles. The maximum absolute atomic E-state index is 8.94. The van der Waals surface area contributed by atoms with Gasteiger partial charge in [-0.2, -0.15) is 0 Å². The molecular weight excluding hydrogens is 150 g/mol. The zero-order valence-corrected chi connectivity index (χ0v) is 8.08. The molecule has 2 fully saturated rings. The molecule has 0 aromatic heterocycles. The Morgan fingerprint density at radius 3 is 2.67 bits per heavy atom. The molecule has 1 N–H and O–H groups in total. The van der Waals surface area contributed by atoms with E-state index >= 15 is 0 Å². The largest absolute Gasteiger partial charge is 0.396 e. The Hall–Kier alpha value is -0.0800. The third kappa shape index (κ3) is 1.50. The minimum atomic E-state index is 0.390. The second-order valence-electron chi connectivity index (χ2n) is 5.13. The second-order valence-corrected chi connectivity index (χ2v) is 5.13. The highest BCUT2D eigenvalue weighted by molar-refractivity contribution is 4.98. The van der Waals surface area contributed by atoms with Gasteiger partial charge in [0.1, 0.15) is 0 Å². The maximum Gasteiger partial charge on any atom is 0.0474 e. The van der Waals surface area contributed by atoms with Crippen LogP contribution in [0.15, 0.2) is 0 Å². The van der Waals surface area contributed by atoms with E-state index in [0.29, 0.717) is 17.9 Å². The van der Waals surface area contributed by atoms with Crippen LogP contribution in [0, 0.1) is 11.3 Å². The number of aliphatic hydroxyl groups excluding tert-OH is 1. The van der Waals surface area contributed by atoms with Crippen molar-refractivity contribution in [1.29, 1.82) is 0 Å². The van der Waals surface area contributed by atoms with Gasteiger partial charge in [0, 0.05) is 19.2 Å². The van der Waals surface area contributed by atoms with Gasteiger partial charge >= 0.3 is 0 Å². The highest BCUT2D eigenvalue weighted by atomic mass is 16.3. The summed E-state index contributed by atoms with van der Waals surface area (Å²) in [5.41, 5.74) is 0.516. The summed E-state index contributed by atoms with van der Waals surface area (Å²) in [6.07, 6.45) is 2.55. The number of hydrogen-bond acceptors (Lipinski definition) is 2. The zero-order valence-electron chi connectivity index (χ0n) is 8.08. The van der Waals surface area contributed by atoms with Crippen molar-refractivity contribution in [3.8, 4) is 0 Å². The van der Waals surface area contributed by atoms with Gasteiger partial charge in [0.25, 0.3) is 0 Å². The van der Waals surface area contributed by atoms with Gasteiger partial charge in [-0.3, -0.25) is 4.90 Å². The van der Waals surface area contributed by atoms with Gasteiger partial charge in [-0.1, -0.05) is 13.8 Å². The van der Waals surface area contributed by atoms with Crippen molar-refractivity contribution in [2.45, 2.75) is 32.7 Å². The molecule has 0 bridgehead atoms. The quantitative estimate of drug-likeness (QED) is 0.669.